The van der Waals surface area contributed by atoms with Gasteiger partial charge in [0.15, 0.2) is 0 Å². The number of aromatic amines is 2. The molecule has 3 aromatic rings. The smallest absolute Gasteiger partial charge is 0.306 e. The van der Waals surface area contributed by atoms with Gasteiger partial charge >= 0.3 is 5.69 Å². The van der Waals surface area contributed by atoms with Crippen molar-refractivity contribution in [2.75, 3.05) is 13.1 Å². The van der Waals surface area contributed by atoms with Crippen molar-refractivity contribution < 1.29 is 8.42 Å². The molecule has 140 valence electrons. The van der Waals surface area contributed by atoms with Crippen LogP contribution in [0.1, 0.15) is 24.6 Å². The molecule has 8 heteroatoms. The normalized spacial score (nSPS) is 23.9. The SMILES string of the molecule is O=c1[nH]c2ccc(S(=O)(=O)N3CC4CCCN4C3c3ccccc3)cc2[nH]1. The van der Waals surface area contributed by atoms with Gasteiger partial charge in [-0.15, -0.1) is 0 Å². The van der Waals surface area contributed by atoms with E-state index in [1.54, 1.807) is 16.4 Å². The lowest BCUT2D eigenvalue weighted by Gasteiger charge is -2.29. The summed E-state index contributed by atoms with van der Waals surface area (Å²) in [6, 6.07) is 14.8. The standard InChI is InChI=1S/C19H20N4O3S/c24-19-20-16-9-8-15(11-17(16)21-19)27(25,26)23-12-14-7-4-10-22(14)18(23)13-5-2-1-3-6-13/h1-3,5-6,8-9,11,14,18H,4,7,10,12H2,(H2,20,21,24). The molecular formula is C19H20N4O3S. The van der Waals surface area contributed by atoms with Gasteiger partial charge in [-0.05, 0) is 36.6 Å². The van der Waals surface area contributed by atoms with Gasteiger partial charge in [0.2, 0.25) is 10.0 Å². The zero-order chi connectivity index (χ0) is 18.6. The Labute approximate surface area is 156 Å². The van der Waals surface area contributed by atoms with Crippen LogP contribution in [0, 0.1) is 0 Å². The van der Waals surface area contributed by atoms with Crippen molar-refractivity contribution in [2.24, 2.45) is 0 Å². The van der Waals surface area contributed by atoms with Crippen LogP contribution in [0.3, 0.4) is 0 Å². The largest absolute Gasteiger partial charge is 0.323 e. The number of hydrogen-bond donors (Lipinski definition) is 2. The second kappa shape index (κ2) is 6.05. The van der Waals surface area contributed by atoms with Gasteiger partial charge in [-0.3, -0.25) is 4.90 Å². The minimum absolute atomic E-state index is 0.201. The summed E-state index contributed by atoms with van der Waals surface area (Å²) in [4.78, 5) is 19.3. The quantitative estimate of drug-likeness (QED) is 0.723. The number of rotatable bonds is 3. The first-order chi connectivity index (χ1) is 13.0. The molecule has 0 aliphatic carbocycles. The molecular weight excluding hydrogens is 364 g/mol. The van der Waals surface area contributed by atoms with E-state index < -0.39 is 10.0 Å². The summed E-state index contributed by atoms with van der Waals surface area (Å²) < 4.78 is 28.6. The minimum atomic E-state index is -3.70. The highest BCUT2D eigenvalue weighted by Crippen LogP contribution is 2.41. The molecule has 0 saturated carbocycles. The summed E-state index contributed by atoms with van der Waals surface area (Å²) in [5, 5.41) is 0. The molecule has 1 aromatic heterocycles. The van der Waals surface area contributed by atoms with Gasteiger partial charge in [0.25, 0.3) is 0 Å². The zero-order valence-electron chi connectivity index (χ0n) is 14.6. The molecule has 2 aliphatic rings. The molecule has 0 spiro atoms. The average Bonchev–Trinajstić information content (AvgIpc) is 3.34. The van der Waals surface area contributed by atoms with E-state index in [2.05, 4.69) is 14.9 Å². The predicted molar refractivity (Wildman–Crippen MR) is 102 cm³/mol. The van der Waals surface area contributed by atoms with Crippen LogP contribution in [0.25, 0.3) is 11.0 Å². The van der Waals surface area contributed by atoms with Crippen LogP contribution in [0.2, 0.25) is 0 Å². The molecule has 0 bridgehead atoms. The van der Waals surface area contributed by atoms with Gasteiger partial charge in [-0.25, -0.2) is 13.2 Å². The molecule has 0 amide bonds. The molecule has 2 N–H and O–H groups in total. The van der Waals surface area contributed by atoms with Crippen LogP contribution in [0.4, 0.5) is 0 Å². The molecule has 7 nitrogen and oxygen atoms in total. The highest BCUT2D eigenvalue weighted by Gasteiger charge is 2.47. The van der Waals surface area contributed by atoms with E-state index in [4.69, 9.17) is 0 Å². The number of hydrogen-bond acceptors (Lipinski definition) is 4. The lowest BCUT2D eigenvalue weighted by molar-refractivity contribution is 0.198. The molecule has 2 unspecified atom stereocenters. The molecule has 27 heavy (non-hydrogen) atoms. The van der Waals surface area contributed by atoms with Crippen molar-refractivity contribution in [3.8, 4) is 0 Å². The molecule has 2 fully saturated rings. The lowest BCUT2D eigenvalue weighted by Crippen LogP contribution is -2.35. The summed E-state index contributed by atoms with van der Waals surface area (Å²) in [7, 11) is -3.70. The number of H-pyrrole nitrogens is 2. The maximum Gasteiger partial charge on any atom is 0.323 e. The number of fused-ring (bicyclic) bond motifs is 2. The summed E-state index contributed by atoms with van der Waals surface area (Å²) >= 11 is 0. The number of aromatic nitrogens is 2. The second-order valence-electron chi connectivity index (χ2n) is 7.18. The molecule has 2 aliphatic heterocycles. The van der Waals surface area contributed by atoms with E-state index in [1.165, 1.54) is 6.07 Å². The van der Waals surface area contributed by atoms with Gasteiger partial charge in [0.05, 0.1) is 15.9 Å². The van der Waals surface area contributed by atoms with Crippen molar-refractivity contribution in [2.45, 2.75) is 29.9 Å². The first-order valence-corrected chi connectivity index (χ1v) is 10.5. The number of imidazole rings is 1. The van der Waals surface area contributed by atoms with E-state index in [9.17, 15) is 13.2 Å². The van der Waals surface area contributed by atoms with E-state index in [0.717, 1.165) is 24.9 Å². The fourth-order valence-electron chi connectivity index (χ4n) is 4.37. The monoisotopic (exact) mass is 384 g/mol. The third kappa shape index (κ3) is 2.63. The minimum Gasteiger partial charge on any atom is -0.306 e. The van der Waals surface area contributed by atoms with Crippen LogP contribution < -0.4 is 5.69 Å². The highest BCUT2D eigenvalue weighted by molar-refractivity contribution is 7.89. The first-order valence-electron chi connectivity index (χ1n) is 9.09. The molecule has 5 rings (SSSR count). The van der Waals surface area contributed by atoms with Crippen molar-refractivity contribution in [3.63, 3.8) is 0 Å². The van der Waals surface area contributed by atoms with Crippen LogP contribution >= 0.6 is 0 Å². The topological polar surface area (TPSA) is 89.3 Å². The van der Waals surface area contributed by atoms with Gasteiger partial charge < -0.3 is 9.97 Å². The van der Waals surface area contributed by atoms with E-state index in [0.29, 0.717) is 17.6 Å². The molecule has 2 aromatic carbocycles. The van der Waals surface area contributed by atoms with Crippen molar-refractivity contribution in [3.05, 3.63) is 64.6 Å². The Hall–Kier alpha value is -2.42. The van der Waals surface area contributed by atoms with E-state index >= 15 is 0 Å². The second-order valence-corrected chi connectivity index (χ2v) is 9.07. The van der Waals surface area contributed by atoms with Gasteiger partial charge in [-0.1, -0.05) is 30.3 Å². The van der Waals surface area contributed by atoms with Crippen molar-refractivity contribution >= 4 is 21.1 Å². The predicted octanol–water partition coefficient (Wildman–Crippen LogP) is 2.02. The Balaban J connectivity index is 1.60. The number of sulfonamides is 1. The van der Waals surface area contributed by atoms with Gasteiger partial charge in [0.1, 0.15) is 6.17 Å². The molecule has 2 atom stereocenters. The van der Waals surface area contributed by atoms with Gasteiger partial charge in [0, 0.05) is 19.1 Å². The van der Waals surface area contributed by atoms with E-state index in [1.807, 2.05) is 30.3 Å². The Morgan fingerprint density at radius 2 is 1.78 bits per heavy atom. The Bertz CT molecular complexity index is 1150. The van der Waals surface area contributed by atoms with Crippen LogP contribution in [-0.4, -0.2) is 46.7 Å². The average molecular weight is 384 g/mol. The third-order valence-electron chi connectivity index (χ3n) is 5.59. The molecule has 0 radical (unpaired) electrons. The summed E-state index contributed by atoms with van der Waals surface area (Å²) in [5.74, 6) is 0. The van der Waals surface area contributed by atoms with Gasteiger partial charge in [-0.2, -0.15) is 4.31 Å². The van der Waals surface area contributed by atoms with Crippen LogP contribution in [-0.2, 0) is 10.0 Å². The highest BCUT2D eigenvalue weighted by atomic mass is 32.2. The number of benzene rings is 2. The first kappa shape index (κ1) is 16.7. The third-order valence-corrected chi connectivity index (χ3v) is 7.41. The van der Waals surface area contributed by atoms with E-state index in [-0.39, 0.29) is 22.8 Å². The van der Waals surface area contributed by atoms with Crippen molar-refractivity contribution in [1.82, 2.24) is 19.2 Å². The maximum absolute atomic E-state index is 13.5. The Kier molecular flexibility index (Phi) is 3.75. The molecule has 2 saturated heterocycles. The molecule has 3 heterocycles. The maximum atomic E-state index is 13.5. The number of nitrogens with one attached hydrogen (secondary N) is 2. The zero-order valence-corrected chi connectivity index (χ0v) is 15.4. The summed E-state index contributed by atoms with van der Waals surface area (Å²) in [5.41, 5.74) is 1.74. The number of nitrogens with zero attached hydrogens (tertiary/aromatic N) is 2. The Morgan fingerprint density at radius 3 is 2.59 bits per heavy atom. The fourth-order valence-corrected chi connectivity index (χ4v) is 6.02. The summed E-state index contributed by atoms with van der Waals surface area (Å²) in [6.45, 7) is 1.39. The van der Waals surface area contributed by atoms with Crippen LogP contribution in [0.5, 0.6) is 0 Å². The lowest BCUT2D eigenvalue weighted by atomic mass is 10.1. The summed E-state index contributed by atoms with van der Waals surface area (Å²) in [6.07, 6.45) is 1.82. The fraction of sp³-hybridized carbons (Fsp3) is 0.316. The van der Waals surface area contributed by atoms with Crippen molar-refractivity contribution in [1.29, 1.82) is 0 Å². The van der Waals surface area contributed by atoms with Crippen LogP contribution in [0.15, 0.2) is 58.2 Å². The Morgan fingerprint density at radius 1 is 1.00 bits per heavy atom.